The third kappa shape index (κ3) is 4.93. The van der Waals surface area contributed by atoms with Gasteiger partial charge in [-0.25, -0.2) is 0 Å². The zero-order valence-electron chi connectivity index (χ0n) is 15.1. The van der Waals surface area contributed by atoms with Gasteiger partial charge in [0.25, 0.3) is 0 Å². The molecule has 1 N–H and O–H groups in total. The van der Waals surface area contributed by atoms with E-state index < -0.39 is 46.7 Å². The van der Waals surface area contributed by atoms with Gasteiger partial charge in [0.05, 0.1) is 11.1 Å². The fraction of sp³-hybridized carbons (Fsp3) is 0.167. The van der Waals surface area contributed by atoms with E-state index in [2.05, 4.69) is 14.9 Å². The van der Waals surface area contributed by atoms with Crippen molar-refractivity contribution in [1.82, 2.24) is 15.4 Å². The summed E-state index contributed by atoms with van der Waals surface area (Å²) in [6.45, 7) is 0. The Morgan fingerprint density at radius 3 is 2.03 bits per heavy atom. The molecule has 3 rings (SSSR count). The van der Waals surface area contributed by atoms with Crippen molar-refractivity contribution in [1.29, 1.82) is 5.26 Å². The standard InChI is InChI=1S/C18H7F9N4O/c19-16(20,21)10-1-2-12(13(6-10)17(22,23)24)8-3-9(15-14(7-28)29-31-30-15)5-11(4-8)32-18(25,26)27/h1-6H,(H,29,30,31). The fourth-order valence-corrected chi connectivity index (χ4v) is 2.80. The van der Waals surface area contributed by atoms with Gasteiger partial charge in [0.2, 0.25) is 0 Å². The van der Waals surface area contributed by atoms with E-state index in [1.807, 2.05) is 5.21 Å². The van der Waals surface area contributed by atoms with Gasteiger partial charge in [-0.3, -0.25) is 0 Å². The Kier molecular flexibility index (Phi) is 5.54. The van der Waals surface area contributed by atoms with Crippen LogP contribution in [0.25, 0.3) is 22.4 Å². The van der Waals surface area contributed by atoms with Gasteiger partial charge in [0, 0.05) is 5.56 Å². The Balaban J connectivity index is 2.28. The zero-order chi connectivity index (χ0) is 23.9. The number of aromatic nitrogens is 3. The van der Waals surface area contributed by atoms with Crippen molar-refractivity contribution in [2.45, 2.75) is 18.7 Å². The summed E-state index contributed by atoms with van der Waals surface area (Å²) in [4.78, 5) is 0. The summed E-state index contributed by atoms with van der Waals surface area (Å²) < 4.78 is 121. The number of aromatic amines is 1. The normalized spacial score (nSPS) is 12.5. The number of H-pyrrole nitrogens is 1. The van der Waals surface area contributed by atoms with Crippen LogP contribution in [-0.2, 0) is 12.4 Å². The molecule has 168 valence electrons. The van der Waals surface area contributed by atoms with Crippen LogP contribution in [0, 0.1) is 11.3 Å². The molecular weight excluding hydrogens is 459 g/mol. The summed E-state index contributed by atoms with van der Waals surface area (Å²) in [7, 11) is 0. The molecule has 1 aromatic heterocycles. The Morgan fingerprint density at radius 2 is 1.47 bits per heavy atom. The second kappa shape index (κ2) is 7.74. The molecule has 0 saturated heterocycles. The van der Waals surface area contributed by atoms with Gasteiger partial charge in [-0.1, -0.05) is 6.07 Å². The molecule has 0 aliphatic rings. The van der Waals surface area contributed by atoms with Crippen molar-refractivity contribution in [2.24, 2.45) is 0 Å². The molecule has 0 radical (unpaired) electrons. The average molecular weight is 466 g/mol. The number of hydrogen-bond donors (Lipinski definition) is 1. The molecule has 14 heteroatoms. The van der Waals surface area contributed by atoms with Crippen LogP contribution in [0.3, 0.4) is 0 Å². The highest BCUT2D eigenvalue weighted by Crippen LogP contribution is 2.43. The minimum absolute atomic E-state index is 0.150. The maximum atomic E-state index is 13.5. The minimum Gasteiger partial charge on any atom is -0.406 e. The summed E-state index contributed by atoms with van der Waals surface area (Å²) in [5.41, 5.74) is -5.72. The first kappa shape index (κ1) is 22.9. The van der Waals surface area contributed by atoms with Crippen LogP contribution in [0.2, 0.25) is 0 Å². The molecular formula is C18H7F9N4O. The van der Waals surface area contributed by atoms with E-state index in [0.717, 1.165) is 12.1 Å². The van der Waals surface area contributed by atoms with E-state index >= 15 is 0 Å². The molecule has 0 spiro atoms. The van der Waals surface area contributed by atoms with E-state index in [4.69, 9.17) is 5.26 Å². The van der Waals surface area contributed by atoms with Crippen LogP contribution in [0.5, 0.6) is 5.75 Å². The van der Waals surface area contributed by atoms with E-state index in [0.29, 0.717) is 18.2 Å². The van der Waals surface area contributed by atoms with Gasteiger partial charge in [0.15, 0.2) is 5.69 Å². The SMILES string of the molecule is N#Cc1n[nH]nc1-c1cc(OC(F)(F)F)cc(-c2ccc(C(F)(F)F)cc2C(F)(F)F)c1. The van der Waals surface area contributed by atoms with Crippen LogP contribution in [0.15, 0.2) is 36.4 Å². The van der Waals surface area contributed by atoms with Crippen molar-refractivity contribution in [3.8, 4) is 34.2 Å². The van der Waals surface area contributed by atoms with E-state index in [1.54, 1.807) is 6.07 Å². The smallest absolute Gasteiger partial charge is 0.406 e. The highest BCUT2D eigenvalue weighted by molar-refractivity contribution is 5.77. The molecule has 0 aliphatic heterocycles. The fourth-order valence-electron chi connectivity index (χ4n) is 2.80. The van der Waals surface area contributed by atoms with Crippen LogP contribution in [0.4, 0.5) is 39.5 Å². The first-order valence-electron chi connectivity index (χ1n) is 8.20. The molecule has 5 nitrogen and oxygen atoms in total. The molecule has 0 aliphatic carbocycles. The van der Waals surface area contributed by atoms with Crippen molar-refractivity contribution >= 4 is 0 Å². The number of nitriles is 1. The van der Waals surface area contributed by atoms with Gasteiger partial charge in [-0.2, -0.15) is 41.9 Å². The van der Waals surface area contributed by atoms with Gasteiger partial charge >= 0.3 is 18.7 Å². The van der Waals surface area contributed by atoms with E-state index in [-0.39, 0.29) is 23.0 Å². The number of halogens is 9. The van der Waals surface area contributed by atoms with Crippen LogP contribution >= 0.6 is 0 Å². The van der Waals surface area contributed by atoms with Gasteiger partial charge in [-0.05, 0) is 41.5 Å². The Labute approximate surface area is 172 Å². The lowest BCUT2D eigenvalue weighted by atomic mass is 9.94. The Hall–Kier alpha value is -3.76. The lowest BCUT2D eigenvalue weighted by molar-refractivity contribution is -0.274. The number of nitrogens with zero attached hydrogens (tertiary/aromatic N) is 3. The van der Waals surface area contributed by atoms with Gasteiger partial charge in [0.1, 0.15) is 17.5 Å². The molecule has 0 atom stereocenters. The van der Waals surface area contributed by atoms with Crippen molar-refractivity contribution in [2.75, 3.05) is 0 Å². The molecule has 1 heterocycles. The molecule has 0 fully saturated rings. The summed E-state index contributed by atoms with van der Waals surface area (Å²) >= 11 is 0. The third-order valence-electron chi connectivity index (χ3n) is 4.03. The Bertz CT molecular complexity index is 1190. The molecule has 0 bridgehead atoms. The topological polar surface area (TPSA) is 74.6 Å². The van der Waals surface area contributed by atoms with Crippen molar-refractivity contribution < 1.29 is 44.3 Å². The first-order valence-corrected chi connectivity index (χ1v) is 8.20. The van der Waals surface area contributed by atoms with Crippen molar-refractivity contribution in [3.05, 3.63) is 53.2 Å². The number of nitrogens with one attached hydrogen (secondary N) is 1. The van der Waals surface area contributed by atoms with E-state index in [1.165, 1.54) is 0 Å². The first-order chi connectivity index (χ1) is 14.7. The van der Waals surface area contributed by atoms with Crippen LogP contribution in [0.1, 0.15) is 16.8 Å². The van der Waals surface area contributed by atoms with Crippen LogP contribution < -0.4 is 4.74 Å². The van der Waals surface area contributed by atoms with Gasteiger partial charge < -0.3 is 4.74 Å². The number of hydrogen-bond acceptors (Lipinski definition) is 4. The largest absolute Gasteiger partial charge is 0.573 e. The molecule has 3 aromatic rings. The van der Waals surface area contributed by atoms with E-state index in [9.17, 15) is 39.5 Å². The lowest BCUT2D eigenvalue weighted by Crippen LogP contribution is -2.17. The predicted molar refractivity (Wildman–Crippen MR) is 88.7 cm³/mol. The minimum atomic E-state index is -5.27. The second-order valence-electron chi connectivity index (χ2n) is 6.18. The summed E-state index contributed by atoms with van der Waals surface area (Å²) in [6, 6.07) is 4.51. The van der Waals surface area contributed by atoms with Gasteiger partial charge in [-0.15, -0.1) is 18.3 Å². The summed E-state index contributed by atoms with van der Waals surface area (Å²) in [6.07, 6.45) is -15.6. The summed E-state index contributed by atoms with van der Waals surface area (Å²) in [5, 5.41) is 18.1. The molecule has 32 heavy (non-hydrogen) atoms. The third-order valence-corrected chi connectivity index (χ3v) is 4.03. The summed E-state index contributed by atoms with van der Waals surface area (Å²) in [5.74, 6) is -0.982. The molecule has 0 unspecified atom stereocenters. The zero-order valence-corrected chi connectivity index (χ0v) is 15.1. The second-order valence-corrected chi connectivity index (χ2v) is 6.18. The number of rotatable bonds is 3. The number of benzene rings is 2. The lowest BCUT2D eigenvalue weighted by Gasteiger charge is -2.18. The molecule has 0 amide bonds. The number of alkyl halides is 9. The predicted octanol–water partition coefficient (Wildman–Crippen LogP) is 5.95. The van der Waals surface area contributed by atoms with Crippen LogP contribution in [-0.4, -0.2) is 21.8 Å². The molecule has 2 aromatic carbocycles. The highest BCUT2D eigenvalue weighted by Gasteiger charge is 2.39. The highest BCUT2D eigenvalue weighted by atomic mass is 19.4. The monoisotopic (exact) mass is 466 g/mol. The van der Waals surface area contributed by atoms with Crippen molar-refractivity contribution in [3.63, 3.8) is 0 Å². The maximum absolute atomic E-state index is 13.5. The number of ether oxygens (including phenoxy) is 1. The molecule has 0 saturated carbocycles. The average Bonchev–Trinajstić information content (AvgIpc) is 3.13. The maximum Gasteiger partial charge on any atom is 0.573 e. The quantitative estimate of drug-likeness (QED) is 0.485. The Morgan fingerprint density at radius 1 is 0.812 bits per heavy atom.